The number of fused-ring (bicyclic) bond motifs is 2. The molecule has 162 valence electrons. The summed E-state index contributed by atoms with van der Waals surface area (Å²) in [6.07, 6.45) is 1.70. The average Bonchev–Trinajstić information content (AvgIpc) is 3.41. The highest BCUT2D eigenvalue weighted by molar-refractivity contribution is 7.89. The number of amides is 1. The van der Waals surface area contributed by atoms with Crippen molar-refractivity contribution < 1.29 is 17.9 Å². The van der Waals surface area contributed by atoms with Crippen LogP contribution in [0.25, 0.3) is 10.2 Å². The van der Waals surface area contributed by atoms with Crippen molar-refractivity contribution in [2.45, 2.75) is 37.1 Å². The number of thiazole rings is 1. The first kappa shape index (κ1) is 20.4. The topological polar surface area (TPSA) is 88.6 Å². The lowest BCUT2D eigenvalue weighted by molar-refractivity contribution is -0.121. The molecular weight excluding hydrogens is 434 g/mol. The molecule has 0 spiro atoms. The van der Waals surface area contributed by atoms with Gasteiger partial charge < -0.3 is 10.1 Å². The molecule has 1 N–H and O–H groups in total. The van der Waals surface area contributed by atoms with Crippen LogP contribution in [-0.4, -0.2) is 42.8 Å². The monoisotopic (exact) mass is 457 g/mol. The van der Waals surface area contributed by atoms with Crippen LogP contribution in [-0.2, 0) is 21.2 Å². The van der Waals surface area contributed by atoms with Gasteiger partial charge in [0.2, 0.25) is 15.9 Å². The van der Waals surface area contributed by atoms with Crippen LogP contribution < -0.4 is 10.1 Å². The Morgan fingerprint density at radius 3 is 2.97 bits per heavy atom. The fourth-order valence-electron chi connectivity index (χ4n) is 4.38. The fraction of sp³-hybridized carbons (Fsp3) is 0.364. The molecule has 31 heavy (non-hydrogen) atoms. The second-order valence-corrected chi connectivity index (χ2v) is 10.9. The first-order chi connectivity index (χ1) is 14.9. The minimum atomic E-state index is -3.62. The van der Waals surface area contributed by atoms with Gasteiger partial charge in [-0.2, -0.15) is 4.31 Å². The van der Waals surface area contributed by atoms with Gasteiger partial charge in [0.15, 0.2) is 0 Å². The molecule has 3 aromatic rings. The Morgan fingerprint density at radius 1 is 1.26 bits per heavy atom. The third-order valence-electron chi connectivity index (χ3n) is 6.05. The summed E-state index contributed by atoms with van der Waals surface area (Å²) in [6.45, 7) is 2.78. The van der Waals surface area contributed by atoms with Gasteiger partial charge in [0, 0.05) is 30.6 Å². The zero-order chi connectivity index (χ0) is 21.6. The molecule has 2 atom stereocenters. The van der Waals surface area contributed by atoms with Crippen LogP contribution in [0.2, 0.25) is 0 Å². The lowest BCUT2D eigenvalue weighted by Crippen LogP contribution is -2.46. The number of anilines is 1. The van der Waals surface area contributed by atoms with E-state index in [2.05, 4.69) is 10.3 Å². The van der Waals surface area contributed by atoms with Crippen LogP contribution in [0.5, 0.6) is 5.75 Å². The van der Waals surface area contributed by atoms with Gasteiger partial charge in [-0.1, -0.05) is 0 Å². The van der Waals surface area contributed by atoms with Crippen LogP contribution >= 0.6 is 11.3 Å². The molecule has 2 aliphatic heterocycles. The number of hydrogen-bond donors (Lipinski definition) is 1. The van der Waals surface area contributed by atoms with Crippen molar-refractivity contribution in [3.63, 3.8) is 0 Å². The van der Waals surface area contributed by atoms with Gasteiger partial charge in [0.05, 0.1) is 27.2 Å². The quantitative estimate of drug-likeness (QED) is 0.646. The van der Waals surface area contributed by atoms with Crippen LogP contribution in [0, 0.1) is 5.92 Å². The molecule has 2 aliphatic rings. The Hall–Kier alpha value is -2.49. The molecule has 0 aliphatic carbocycles. The summed E-state index contributed by atoms with van der Waals surface area (Å²) in [5, 5.41) is 2.97. The molecule has 3 heterocycles. The zero-order valence-corrected chi connectivity index (χ0v) is 18.7. The molecule has 1 amide bonds. The van der Waals surface area contributed by atoms with Crippen LogP contribution in [0.1, 0.15) is 25.3 Å². The SMILES string of the molecule is C[C@@H]1C[C@H](C(=O)Nc2ccc3scnc3c2)CCN1S(=O)(=O)c1ccc2c(c1)CCO2. The Kier molecular flexibility index (Phi) is 5.19. The lowest BCUT2D eigenvalue weighted by atomic mass is 9.92. The first-order valence-electron chi connectivity index (χ1n) is 10.3. The van der Waals surface area contributed by atoms with Crippen molar-refractivity contribution in [1.82, 2.24) is 9.29 Å². The summed E-state index contributed by atoms with van der Waals surface area (Å²) in [5.41, 5.74) is 4.28. The largest absolute Gasteiger partial charge is 0.493 e. The summed E-state index contributed by atoms with van der Waals surface area (Å²) in [6, 6.07) is 10.5. The van der Waals surface area contributed by atoms with E-state index in [1.807, 2.05) is 25.1 Å². The third-order valence-corrected chi connectivity index (χ3v) is 8.87. The molecular formula is C22H23N3O4S2. The predicted octanol–water partition coefficient (Wildman–Crippen LogP) is 3.66. The Bertz CT molecular complexity index is 1250. The number of aromatic nitrogens is 1. The number of carbonyl (C=O) groups excluding carboxylic acids is 1. The van der Waals surface area contributed by atoms with Crippen LogP contribution in [0.15, 0.2) is 46.8 Å². The number of rotatable bonds is 4. The fourth-order valence-corrected chi connectivity index (χ4v) is 6.75. The van der Waals surface area contributed by atoms with Crippen molar-refractivity contribution in [2.24, 2.45) is 5.92 Å². The smallest absolute Gasteiger partial charge is 0.243 e. The van der Waals surface area contributed by atoms with Crippen molar-refractivity contribution in [1.29, 1.82) is 0 Å². The van der Waals surface area contributed by atoms with E-state index in [0.717, 1.165) is 28.0 Å². The normalized spacial score (nSPS) is 21.6. The molecule has 0 unspecified atom stereocenters. The Morgan fingerprint density at radius 2 is 2.13 bits per heavy atom. The standard InChI is InChI=1S/C22H23N3O4S2/c1-14-10-16(22(26)24-17-2-5-21-19(12-17)23-13-30-21)6-8-25(14)31(27,28)18-3-4-20-15(11-18)7-9-29-20/h2-5,11-14,16H,6-10H2,1H3,(H,24,26)/t14-,16-/m1/s1. The molecule has 1 aromatic heterocycles. The van der Waals surface area contributed by atoms with Gasteiger partial charge in [-0.15, -0.1) is 11.3 Å². The van der Waals surface area contributed by atoms with Gasteiger partial charge in [0.1, 0.15) is 5.75 Å². The molecule has 0 radical (unpaired) electrons. The highest BCUT2D eigenvalue weighted by Gasteiger charge is 2.37. The first-order valence-corrected chi connectivity index (χ1v) is 12.7. The minimum Gasteiger partial charge on any atom is -0.493 e. The number of hydrogen-bond acceptors (Lipinski definition) is 6. The number of nitrogens with zero attached hydrogens (tertiary/aromatic N) is 2. The number of benzene rings is 2. The number of carbonyl (C=O) groups is 1. The molecule has 0 bridgehead atoms. The highest BCUT2D eigenvalue weighted by Crippen LogP contribution is 2.33. The van der Waals surface area contributed by atoms with Crippen LogP contribution in [0.4, 0.5) is 5.69 Å². The Labute approximate surface area is 185 Å². The predicted molar refractivity (Wildman–Crippen MR) is 120 cm³/mol. The van der Waals surface area contributed by atoms with Gasteiger partial charge in [-0.05, 0) is 61.7 Å². The highest BCUT2D eigenvalue weighted by atomic mass is 32.2. The van der Waals surface area contributed by atoms with E-state index in [1.165, 1.54) is 4.31 Å². The van der Waals surface area contributed by atoms with E-state index < -0.39 is 10.0 Å². The minimum absolute atomic E-state index is 0.0758. The van der Waals surface area contributed by atoms with Crippen molar-refractivity contribution >= 4 is 43.2 Å². The van der Waals surface area contributed by atoms with E-state index >= 15 is 0 Å². The van der Waals surface area contributed by atoms with E-state index in [9.17, 15) is 13.2 Å². The number of ether oxygens (including phenoxy) is 1. The van der Waals surface area contributed by atoms with Gasteiger partial charge in [-0.25, -0.2) is 13.4 Å². The molecule has 7 nitrogen and oxygen atoms in total. The molecule has 1 fully saturated rings. The molecule has 5 rings (SSSR count). The second-order valence-electron chi connectivity index (χ2n) is 8.08. The van der Waals surface area contributed by atoms with Gasteiger partial charge >= 0.3 is 0 Å². The number of piperidine rings is 1. The zero-order valence-electron chi connectivity index (χ0n) is 17.1. The van der Waals surface area contributed by atoms with Crippen LogP contribution in [0.3, 0.4) is 0 Å². The summed E-state index contributed by atoms with van der Waals surface area (Å²) >= 11 is 1.56. The maximum absolute atomic E-state index is 13.2. The lowest BCUT2D eigenvalue weighted by Gasteiger charge is -2.36. The summed E-state index contributed by atoms with van der Waals surface area (Å²) in [7, 11) is -3.62. The van der Waals surface area contributed by atoms with Crippen molar-refractivity contribution in [3.05, 3.63) is 47.5 Å². The Balaban J connectivity index is 1.27. The average molecular weight is 458 g/mol. The van der Waals surface area contributed by atoms with Crippen molar-refractivity contribution in [2.75, 3.05) is 18.5 Å². The molecule has 9 heteroatoms. The summed E-state index contributed by atoms with van der Waals surface area (Å²) in [4.78, 5) is 17.4. The summed E-state index contributed by atoms with van der Waals surface area (Å²) < 4.78 is 34.6. The van der Waals surface area contributed by atoms with E-state index in [1.54, 1.807) is 35.0 Å². The van der Waals surface area contributed by atoms with Crippen molar-refractivity contribution in [3.8, 4) is 5.75 Å². The van der Waals surface area contributed by atoms with E-state index in [0.29, 0.717) is 36.6 Å². The molecule has 2 aromatic carbocycles. The number of nitrogens with one attached hydrogen (secondary N) is 1. The number of sulfonamides is 1. The molecule has 1 saturated heterocycles. The molecule has 0 saturated carbocycles. The summed E-state index contributed by atoms with van der Waals surface area (Å²) in [5.74, 6) is 0.451. The van der Waals surface area contributed by atoms with Gasteiger partial charge in [-0.3, -0.25) is 4.79 Å². The second kappa shape index (κ2) is 7.89. The van der Waals surface area contributed by atoms with E-state index in [4.69, 9.17) is 4.74 Å². The maximum Gasteiger partial charge on any atom is 0.243 e. The van der Waals surface area contributed by atoms with E-state index in [-0.39, 0.29) is 17.9 Å². The maximum atomic E-state index is 13.2. The van der Waals surface area contributed by atoms with Gasteiger partial charge in [0.25, 0.3) is 0 Å². The third kappa shape index (κ3) is 3.81.